The van der Waals surface area contributed by atoms with E-state index in [0.29, 0.717) is 24.7 Å². The van der Waals surface area contributed by atoms with Crippen LogP contribution < -0.4 is 0 Å². The number of carbonyl (C=O) groups excluding carboxylic acids is 1. The molecule has 1 atom stereocenters. The second-order valence-electron chi connectivity index (χ2n) is 7.28. The SMILES string of the molecule is CC[C@@H](C)N(CCc1nc(-c2ccc(C)cc2)no1)C(=O)Cc1ccc(F)cc1. The fourth-order valence-electron chi connectivity index (χ4n) is 3.08. The Morgan fingerprint density at radius 2 is 1.83 bits per heavy atom. The van der Waals surface area contributed by atoms with Crippen LogP contribution in [-0.2, 0) is 17.6 Å². The van der Waals surface area contributed by atoms with Crippen LogP contribution in [0.25, 0.3) is 11.4 Å². The highest BCUT2D eigenvalue weighted by atomic mass is 19.1. The Bertz CT molecular complexity index is 936. The summed E-state index contributed by atoms with van der Waals surface area (Å²) in [5, 5.41) is 4.05. The first-order valence-electron chi connectivity index (χ1n) is 9.89. The number of carbonyl (C=O) groups is 1. The van der Waals surface area contributed by atoms with Crippen molar-refractivity contribution in [1.82, 2.24) is 15.0 Å². The number of amides is 1. The van der Waals surface area contributed by atoms with E-state index in [9.17, 15) is 9.18 Å². The third-order valence-electron chi connectivity index (χ3n) is 5.06. The van der Waals surface area contributed by atoms with Gasteiger partial charge in [0.25, 0.3) is 0 Å². The summed E-state index contributed by atoms with van der Waals surface area (Å²) in [4.78, 5) is 19.1. The molecule has 29 heavy (non-hydrogen) atoms. The summed E-state index contributed by atoms with van der Waals surface area (Å²) in [6.45, 7) is 6.58. The third-order valence-corrected chi connectivity index (χ3v) is 5.06. The molecule has 3 rings (SSSR count). The molecule has 0 aliphatic heterocycles. The summed E-state index contributed by atoms with van der Waals surface area (Å²) in [5.41, 5.74) is 2.86. The molecule has 152 valence electrons. The second-order valence-corrected chi connectivity index (χ2v) is 7.28. The molecule has 0 N–H and O–H groups in total. The summed E-state index contributed by atoms with van der Waals surface area (Å²) in [7, 11) is 0. The van der Waals surface area contributed by atoms with Gasteiger partial charge in [0.05, 0.1) is 6.42 Å². The van der Waals surface area contributed by atoms with Crippen molar-refractivity contribution in [2.45, 2.75) is 46.1 Å². The Balaban J connectivity index is 1.65. The van der Waals surface area contributed by atoms with E-state index in [-0.39, 0.29) is 24.2 Å². The fourth-order valence-corrected chi connectivity index (χ4v) is 3.08. The fraction of sp³-hybridized carbons (Fsp3) is 0.348. The summed E-state index contributed by atoms with van der Waals surface area (Å²) < 4.78 is 18.5. The highest BCUT2D eigenvalue weighted by Gasteiger charge is 2.20. The number of halogens is 1. The van der Waals surface area contributed by atoms with Crippen molar-refractivity contribution in [2.24, 2.45) is 0 Å². The summed E-state index contributed by atoms with van der Waals surface area (Å²) in [6.07, 6.45) is 1.56. The van der Waals surface area contributed by atoms with Crippen LogP contribution in [0.3, 0.4) is 0 Å². The maximum atomic E-state index is 13.1. The van der Waals surface area contributed by atoms with E-state index in [0.717, 1.165) is 17.5 Å². The maximum Gasteiger partial charge on any atom is 0.228 e. The minimum absolute atomic E-state index is 0.00392. The maximum absolute atomic E-state index is 13.1. The standard InChI is InChI=1S/C23H26FN3O2/c1-4-17(3)27(22(28)15-18-7-11-20(24)12-8-18)14-13-21-25-23(26-29-21)19-9-5-16(2)6-10-19/h5-12,17H,4,13-15H2,1-3H3/t17-/m1/s1. The van der Waals surface area contributed by atoms with E-state index < -0.39 is 0 Å². The lowest BCUT2D eigenvalue weighted by molar-refractivity contribution is -0.132. The van der Waals surface area contributed by atoms with Crippen LogP contribution in [0.5, 0.6) is 0 Å². The van der Waals surface area contributed by atoms with Crippen LogP contribution in [0, 0.1) is 12.7 Å². The lowest BCUT2D eigenvalue weighted by Gasteiger charge is -2.28. The molecule has 0 radical (unpaired) electrons. The van der Waals surface area contributed by atoms with Crippen molar-refractivity contribution in [3.63, 3.8) is 0 Å². The van der Waals surface area contributed by atoms with Gasteiger partial charge in [-0.3, -0.25) is 4.79 Å². The molecule has 1 amide bonds. The molecule has 0 unspecified atom stereocenters. The largest absolute Gasteiger partial charge is 0.339 e. The summed E-state index contributed by atoms with van der Waals surface area (Å²) >= 11 is 0. The molecule has 0 aliphatic carbocycles. The van der Waals surface area contributed by atoms with E-state index in [4.69, 9.17) is 4.52 Å². The molecule has 3 aromatic rings. The van der Waals surface area contributed by atoms with Gasteiger partial charge in [0.2, 0.25) is 17.6 Å². The highest BCUT2D eigenvalue weighted by Crippen LogP contribution is 2.17. The zero-order valence-corrected chi connectivity index (χ0v) is 17.1. The van der Waals surface area contributed by atoms with Gasteiger partial charge in [-0.15, -0.1) is 0 Å². The number of aromatic nitrogens is 2. The lowest BCUT2D eigenvalue weighted by Crippen LogP contribution is -2.40. The van der Waals surface area contributed by atoms with Gasteiger partial charge < -0.3 is 9.42 Å². The van der Waals surface area contributed by atoms with Gasteiger partial charge in [0, 0.05) is 24.6 Å². The lowest BCUT2D eigenvalue weighted by atomic mass is 10.1. The second kappa shape index (κ2) is 9.45. The Morgan fingerprint density at radius 3 is 2.48 bits per heavy atom. The van der Waals surface area contributed by atoms with Gasteiger partial charge in [-0.25, -0.2) is 4.39 Å². The topological polar surface area (TPSA) is 59.2 Å². The Labute approximate surface area is 170 Å². The molecule has 1 heterocycles. The molecule has 5 nitrogen and oxygen atoms in total. The Kier molecular flexibility index (Phi) is 6.75. The van der Waals surface area contributed by atoms with Crippen LogP contribution in [0.2, 0.25) is 0 Å². The van der Waals surface area contributed by atoms with E-state index in [2.05, 4.69) is 10.1 Å². The number of hydrogen-bond acceptors (Lipinski definition) is 4. The van der Waals surface area contributed by atoms with E-state index in [1.54, 1.807) is 12.1 Å². The molecule has 1 aromatic heterocycles. The predicted octanol–water partition coefficient (Wildman–Crippen LogP) is 4.60. The molecule has 0 saturated carbocycles. The van der Waals surface area contributed by atoms with Gasteiger partial charge in [-0.2, -0.15) is 4.98 Å². The summed E-state index contributed by atoms with van der Waals surface area (Å²) in [6, 6.07) is 14.1. The van der Waals surface area contributed by atoms with Crippen molar-refractivity contribution in [2.75, 3.05) is 6.54 Å². The van der Waals surface area contributed by atoms with Gasteiger partial charge in [-0.1, -0.05) is 54.0 Å². The zero-order valence-electron chi connectivity index (χ0n) is 17.1. The number of nitrogens with zero attached hydrogens (tertiary/aromatic N) is 3. The highest BCUT2D eigenvalue weighted by molar-refractivity contribution is 5.79. The monoisotopic (exact) mass is 395 g/mol. The van der Waals surface area contributed by atoms with Crippen LogP contribution >= 0.6 is 0 Å². The molecule has 0 aliphatic rings. The van der Waals surface area contributed by atoms with Crippen molar-refractivity contribution < 1.29 is 13.7 Å². The summed E-state index contributed by atoms with van der Waals surface area (Å²) in [5.74, 6) is 0.751. The molecule has 0 bridgehead atoms. The van der Waals surface area contributed by atoms with E-state index in [1.165, 1.54) is 17.7 Å². The van der Waals surface area contributed by atoms with Gasteiger partial charge in [-0.05, 0) is 38.0 Å². The average molecular weight is 395 g/mol. The van der Waals surface area contributed by atoms with Crippen molar-refractivity contribution in [1.29, 1.82) is 0 Å². The molecule has 0 fully saturated rings. The molecule has 0 saturated heterocycles. The minimum atomic E-state index is -0.305. The molecular formula is C23H26FN3O2. The van der Waals surface area contributed by atoms with Crippen molar-refractivity contribution >= 4 is 5.91 Å². The van der Waals surface area contributed by atoms with Gasteiger partial charge in [0.1, 0.15) is 5.82 Å². The number of aryl methyl sites for hydroxylation is 1. The zero-order chi connectivity index (χ0) is 20.8. The molecule has 2 aromatic carbocycles. The third kappa shape index (κ3) is 5.50. The van der Waals surface area contributed by atoms with E-state index >= 15 is 0 Å². The number of hydrogen-bond donors (Lipinski definition) is 0. The van der Waals surface area contributed by atoms with Crippen LogP contribution in [-0.4, -0.2) is 33.5 Å². The van der Waals surface area contributed by atoms with Crippen LogP contribution in [0.1, 0.15) is 37.3 Å². The average Bonchev–Trinajstić information content (AvgIpc) is 3.19. The minimum Gasteiger partial charge on any atom is -0.339 e. The van der Waals surface area contributed by atoms with E-state index in [1.807, 2.05) is 49.9 Å². The Morgan fingerprint density at radius 1 is 1.14 bits per heavy atom. The van der Waals surface area contributed by atoms with Crippen molar-refractivity contribution in [3.8, 4) is 11.4 Å². The first kappa shape index (κ1) is 20.7. The molecule has 6 heteroatoms. The quantitative estimate of drug-likeness (QED) is 0.559. The first-order valence-corrected chi connectivity index (χ1v) is 9.89. The molecule has 0 spiro atoms. The van der Waals surface area contributed by atoms with Gasteiger partial charge >= 0.3 is 0 Å². The Hall–Kier alpha value is -3.02. The smallest absolute Gasteiger partial charge is 0.228 e. The number of rotatable bonds is 8. The normalized spacial score (nSPS) is 12.0. The predicted molar refractivity (Wildman–Crippen MR) is 110 cm³/mol. The first-order chi connectivity index (χ1) is 14.0. The van der Waals surface area contributed by atoms with Crippen LogP contribution in [0.15, 0.2) is 53.1 Å². The van der Waals surface area contributed by atoms with Crippen molar-refractivity contribution in [3.05, 3.63) is 71.4 Å². The molecular weight excluding hydrogens is 369 g/mol. The number of benzene rings is 2. The van der Waals surface area contributed by atoms with Crippen LogP contribution in [0.4, 0.5) is 4.39 Å². The van der Waals surface area contributed by atoms with Gasteiger partial charge in [0.15, 0.2) is 0 Å².